The van der Waals surface area contributed by atoms with Crippen LogP contribution >= 0.6 is 11.6 Å². The Morgan fingerprint density at radius 3 is 2.43 bits per heavy atom. The normalized spacial score (nSPS) is 11.4. The number of carbonyl (C=O) groups excluding carboxylic acids is 1. The van der Waals surface area contributed by atoms with Crippen molar-refractivity contribution >= 4 is 33.0 Å². The highest BCUT2D eigenvalue weighted by Gasteiger charge is 2.18. The predicted octanol–water partition coefficient (Wildman–Crippen LogP) is 3.47. The van der Waals surface area contributed by atoms with Gasteiger partial charge in [-0.15, -0.1) is 0 Å². The molecule has 0 atom stereocenters. The first-order valence-corrected chi connectivity index (χ1v) is 11.0. The number of ether oxygens (including phenoxy) is 1. The maximum absolute atomic E-state index is 12.5. The van der Waals surface area contributed by atoms with Crippen molar-refractivity contribution in [2.45, 2.75) is 18.2 Å². The van der Waals surface area contributed by atoms with E-state index in [2.05, 4.69) is 5.32 Å². The number of anilines is 1. The highest BCUT2D eigenvalue weighted by atomic mass is 35.5. The van der Waals surface area contributed by atoms with Gasteiger partial charge in [0.05, 0.1) is 30.0 Å². The van der Waals surface area contributed by atoms with E-state index in [1.165, 1.54) is 19.2 Å². The second-order valence-corrected chi connectivity index (χ2v) is 8.84. The van der Waals surface area contributed by atoms with Crippen LogP contribution in [0.15, 0.2) is 53.4 Å². The number of rotatable bonds is 10. The van der Waals surface area contributed by atoms with Crippen LogP contribution in [0.1, 0.15) is 13.3 Å². The molecule has 0 radical (unpaired) electrons. The van der Waals surface area contributed by atoms with Gasteiger partial charge in [0.25, 0.3) is 0 Å². The molecule has 2 aromatic carbocycles. The topological polar surface area (TPSA) is 75.7 Å². The number of hydrogen-bond donors (Lipinski definition) is 1. The molecule has 0 saturated carbocycles. The molecule has 1 amide bonds. The van der Waals surface area contributed by atoms with E-state index in [-0.39, 0.29) is 29.6 Å². The first-order chi connectivity index (χ1) is 13.4. The molecule has 0 saturated heterocycles. The maximum atomic E-state index is 12.5. The van der Waals surface area contributed by atoms with Gasteiger partial charge < -0.3 is 10.1 Å². The van der Waals surface area contributed by atoms with Crippen LogP contribution in [0.3, 0.4) is 0 Å². The molecule has 1 N–H and O–H groups in total. The standard InChI is InChI=1S/C20H25ClN2O4S/c1-3-12-23(13-14-28(25,26)17-10-8-16(21)9-11-17)15-20(24)22-18-6-4-5-7-19(18)27-2/h4-11H,3,12-15H2,1-2H3,(H,22,24). The first kappa shape index (κ1) is 22.2. The Kier molecular flexibility index (Phi) is 8.29. The zero-order chi connectivity index (χ0) is 20.6. The zero-order valence-electron chi connectivity index (χ0n) is 16.0. The molecule has 0 spiro atoms. The number of halogens is 1. The molecular formula is C20H25ClN2O4S. The number of nitrogens with zero attached hydrogens (tertiary/aromatic N) is 1. The summed E-state index contributed by atoms with van der Waals surface area (Å²) in [6.07, 6.45) is 0.808. The van der Waals surface area contributed by atoms with Gasteiger partial charge in [-0.2, -0.15) is 0 Å². The third-order valence-corrected chi connectivity index (χ3v) is 6.10. The summed E-state index contributed by atoms with van der Waals surface area (Å²) in [6, 6.07) is 13.2. The monoisotopic (exact) mass is 424 g/mol. The van der Waals surface area contributed by atoms with Crippen LogP contribution in [-0.4, -0.2) is 51.7 Å². The number of carbonyl (C=O) groups is 1. The number of nitrogens with one attached hydrogen (secondary N) is 1. The molecule has 0 bridgehead atoms. The van der Waals surface area contributed by atoms with Crippen LogP contribution in [0.5, 0.6) is 5.75 Å². The highest BCUT2D eigenvalue weighted by Crippen LogP contribution is 2.23. The van der Waals surface area contributed by atoms with Gasteiger partial charge in [0.1, 0.15) is 5.75 Å². The van der Waals surface area contributed by atoms with Crippen molar-refractivity contribution in [3.63, 3.8) is 0 Å². The lowest BCUT2D eigenvalue weighted by molar-refractivity contribution is -0.117. The van der Waals surface area contributed by atoms with Gasteiger partial charge in [0.15, 0.2) is 9.84 Å². The van der Waals surface area contributed by atoms with Gasteiger partial charge in [0.2, 0.25) is 5.91 Å². The fourth-order valence-corrected chi connectivity index (χ4v) is 4.15. The Hall–Kier alpha value is -2.09. The summed E-state index contributed by atoms with van der Waals surface area (Å²) >= 11 is 5.82. The van der Waals surface area contributed by atoms with Crippen molar-refractivity contribution in [3.05, 3.63) is 53.6 Å². The van der Waals surface area contributed by atoms with Gasteiger partial charge in [-0.3, -0.25) is 9.69 Å². The van der Waals surface area contributed by atoms with Gasteiger partial charge in [-0.25, -0.2) is 8.42 Å². The van der Waals surface area contributed by atoms with E-state index in [1.54, 1.807) is 30.3 Å². The predicted molar refractivity (Wildman–Crippen MR) is 112 cm³/mol. The summed E-state index contributed by atoms with van der Waals surface area (Å²) in [6.45, 7) is 2.97. The Balaban J connectivity index is 1.98. The van der Waals surface area contributed by atoms with Crippen molar-refractivity contribution in [1.29, 1.82) is 0 Å². The molecule has 0 aliphatic heterocycles. The molecule has 6 nitrogen and oxygen atoms in total. The molecule has 0 aromatic heterocycles. The number of hydrogen-bond acceptors (Lipinski definition) is 5. The van der Waals surface area contributed by atoms with Crippen molar-refractivity contribution in [3.8, 4) is 5.75 Å². The summed E-state index contributed by atoms with van der Waals surface area (Å²) in [4.78, 5) is 14.5. The van der Waals surface area contributed by atoms with Crippen LogP contribution in [-0.2, 0) is 14.6 Å². The molecule has 8 heteroatoms. The van der Waals surface area contributed by atoms with Crippen LogP contribution < -0.4 is 10.1 Å². The largest absolute Gasteiger partial charge is 0.495 e. The summed E-state index contributed by atoms with van der Waals surface area (Å²) in [5.74, 6) is 0.279. The minimum absolute atomic E-state index is 0.0728. The Morgan fingerprint density at radius 2 is 1.79 bits per heavy atom. The molecule has 28 heavy (non-hydrogen) atoms. The second kappa shape index (κ2) is 10.5. The average Bonchev–Trinajstić information content (AvgIpc) is 2.67. The van der Waals surface area contributed by atoms with E-state index < -0.39 is 9.84 Å². The van der Waals surface area contributed by atoms with Crippen LogP contribution in [0.4, 0.5) is 5.69 Å². The summed E-state index contributed by atoms with van der Waals surface area (Å²) in [7, 11) is -1.91. The van der Waals surface area contributed by atoms with Gasteiger partial charge in [0, 0.05) is 11.6 Å². The number of sulfone groups is 1. The van der Waals surface area contributed by atoms with Crippen LogP contribution in [0.25, 0.3) is 0 Å². The first-order valence-electron chi connectivity index (χ1n) is 8.99. The molecule has 0 aliphatic rings. The lowest BCUT2D eigenvalue weighted by Gasteiger charge is -2.21. The maximum Gasteiger partial charge on any atom is 0.238 e. The highest BCUT2D eigenvalue weighted by molar-refractivity contribution is 7.91. The molecule has 152 valence electrons. The third kappa shape index (κ3) is 6.51. The minimum atomic E-state index is -3.45. The van der Waals surface area contributed by atoms with Crippen molar-refractivity contribution in [2.75, 3.05) is 37.8 Å². The van der Waals surface area contributed by atoms with E-state index in [0.29, 0.717) is 23.0 Å². The molecule has 2 rings (SSSR count). The van der Waals surface area contributed by atoms with Crippen molar-refractivity contribution < 1.29 is 17.9 Å². The van der Waals surface area contributed by atoms with Crippen LogP contribution in [0.2, 0.25) is 5.02 Å². The van der Waals surface area contributed by atoms with E-state index in [0.717, 1.165) is 6.42 Å². The Bertz CT molecular complexity index is 885. The molecule has 2 aromatic rings. The number of methoxy groups -OCH3 is 1. The fourth-order valence-electron chi connectivity index (χ4n) is 2.74. The summed E-state index contributed by atoms with van der Waals surface area (Å²) in [5, 5.41) is 3.30. The lowest BCUT2D eigenvalue weighted by Crippen LogP contribution is -2.37. The SMILES string of the molecule is CCCN(CCS(=O)(=O)c1ccc(Cl)cc1)CC(=O)Nc1ccccc1OC. The van der Waals surface area contributed by atoms with E-state index in [1.807, 2.05) is 17.9 Å². The minimum Gasteiger partial charge on any atom is -0.495 e. The summed E-state index contributed by atoms with van der Waals surface area (Å²) < 4.78 is 30.3. The van der Waals surface area contributed by atoms with Gasteiger partial charge in [-0.1, -0.05) is 30.7 Å². The quantitative estimate of drug-likeness (QED) is 0.632. The van der Waals surface area contributed by atoms with Crippen molar-refractivity contribution in [2.24, 2.45) is 0 Å². The van der Waals surface area contributed by atoms with E-state index in [9.17, 15) is 13.2 Å². The smallest absolute Gasteiger partial charge is 0.238 e. The number of amides is 1. The third-order valence-electron chi connectivity index (χ3n) is 4.14. The van der Waals surface area contributed by atoms with Crippen molar-refractivity contribution in [1.82, 2.24) is 4.90 Å². The Morgan fingerprint density at radius 1 is 1.11 bits per heavy atom. The zero-order valence-corrected chi connectivity index (χ0v) is 17.6. The van der Waals surface area contributed by atoms with E-state index in [4.69, 9.17) is 16.3 Å². The van der Waals surface area contributed by atoms with Gasteiger partial charge in [-0.05, 0) is 49.4 Å². The molecule has 0 heterocycles. The number of para-hydroxylation sites is 2. The molecule has 0 unspecified atom stereocenters. The second-order valence-electron chi connectivity index (χ2n) is 6.30. The van der Waals surface area contributed by atoms with Gasteiger partial charge >= 0.3 is 0 Å². The van der Waals surface area contributed by atoms with Crippen LogP contribution in [0, 0.1) is 0 Å². The summed E-state index contributed by atoms with van der Waals surface area (Å²) in [5.41, 5.74) is 0.584. The average molecular weight is 425 g/mol. The molecule has 0 aliphatic carbocycles. The number of benzene rings is 2. The Labute approximate surface area is 171 Å². The van der Waals surface area contributed by atoms with E-state index >= 15 is 0 Å². The molecular weight excluding hydrogens is 400 g/mol. The fraction of sp³-hybridized carbons (Fsp3) is 0.350. The lowest BCUT2D eigenvalue weighted by atomic mass is 10.3. The molecule has 0 fully saturated rings.